The molecule has 0 bridgehead atoms. The first-order chi connectivity index (χ1) is 20.0. The van der Waals surface area contributed by atoms with Gasteiger partial charge in [-0.2, -0.15) is 15.5 Å². The highest BCUT2D eigenvalue weighted by atomic mass is 35.5. The summed E-state index contributed by atoms with van der Waals surface area (Å²) in [5.74, 6) is -2.79. The summed E-state index contributed by atoms with van der Waals surface area (Å²) in [5.41, 5.74) is -6.90. The molecular formula is C28H17ClN4O9. The number of methoxy groups -OCH3 is 1. The highest BCUT2D eigenvalue weighted by Crippen LogP contribution is 2.56. The van der Waals surface area contributed by atoms with E-state index in [0.29, 0.717) is 0 Å². The minimum absolute atomic E-state index is 0.0100. The number of ether oxygens (including phenoxy) is 1. The largest absolute Gasteiger partial charge is 0.510 e. The number of aliphatic hydroxyl groups is 2. The second kappa shape index (κ2) is 9.08. The van der Waals surface area contributed by atoms with Crippen LogP contribution in [0.5, 0.6) is 11.5 Å². The van der Waals surface area contributed by atoms with E-state index in [4.69, 9.17) is 21.6 Å². The average Bonchev–Trinajstić information content (AvgIpc) is 3.47. The van der Waals surface area contributed by atoms with Crippen LogP contribution in [0.25, 0.3) is 22.3 Å². The Hall–Kier alpha value is -5.35. The number of aromatic amines is 1. The number of azo groups is 1. The standard InChI is InChI=1S/C28H17ClN4O9/c1-42-13-7-12(34)15-16(21(13)35)23(37)18-17(22(15)36)25(39)28(26(18)40)3-2-10-19(28)24(38)14-11(20(10)29)6-9(33-27(14)41)8-32-31-5-4-30/h6-7,38-40H,2-3,5,8H2,1H3,(H,33,41)/t28-/m0/s1. The third-order valence-electron chi connectivity index (χ3n) is 7.89. The van der Waals surface area contributed by atoms with Crippen molar-refractivity contribution in [1.82, 2.24) is 4.98 Å². The van der Waals surface area contributed by atoms with Crippen molar-refractivity contribution < 1.29 is 20.1 Å². The molecule has 210 valence electrons. The summed E-state index contributed by atoms with van der Waals surface area (Å²) in [7, 11) is 1.10. The molecule has 0 unspecified atom stereocenters. The molecule has 13 nitrogen and oxygen atoms in total. The summed E-state index contributed by atoms with van der Waals surface area (Å²) in [6.07, 6.45) is -0.155. The SMILES string of the molecule is COc1cc(=O)c2c(=O)c3c(c(=O)c=2c1=O)=C(O)[C@]1(CCc2c1c(O)c1c(=O)[nH]c(CN=NCC#N)cc1c2Cl)C=3O. The molecule has 0 amide bonds. The van der Waals surface area contributed by atoms with Gasteiger partial charge in [0.25, 0.3) is 5.56 Å². The summed E-state index contributed by atoms with van der Waals surface area (Å²) in [6, 6.07) is 4.02. The number of nitriles is 1. The van der Waals surface area contributed by atoms with E-state index in [2.05, 4.69) is 15.2 Å². The zero-order valence-corrected chi connectivity index (χ0v) is 22.2. The lowest BCUT2D eigenvalue weighted by Crippen LogP contribution is -2.51. The number of phenols is 1. The summed E-state index contributed by atoms with van der Waals surface area (Å²) in [6.45, 7) is -0.271. The number of aromatic nitrogens is 1. The zero-order valence-electron chi connectivity index (χ0n) is 21.5. The summed E-state index contributed by atoms with van der Waals surface area (Å²) in [5, 5.41) is 47.5. The van der Waals surface area contributed by atoms with Crippen molar-refractivity contribution in [3.63, 3.8) is 0 Å². The number of phenolic OH excluding ortho intramolecular Hbond substituents is 1. The normalized spacial score (nSPS) is 17.5. The first kappa shape index (κ1) is 26.9. The monoisotopic (exact) mass is 588 g/mol. The van der Waals surface area contributed by atoms with Crippen LogP contribution in [0.2, 0.25) is 5.02 Å². The lowest BCUT2D eigenvalue weighted by Gasteiger charge is -2.27. The number of halogens is 1. The van der Waals surface area contributed by atoms with Gasteiger partial charge in [-0.15, -0.1) is 0 Å². The van der Waals surface area contributed by atoms with E-state index in [9.17, 15) is 39.3 Å². The molecule has 1 aromatic carbocycles. The van der Waals surface area contributed by atoms with Gasteiger partial charge in [-0.3, -0.25) is 24.0 Å². The van der Waals surface area contributed by atoms with Gasteiger partial charge >= 0.3 is 0 Å². The van der Waals surface area contributed by atoms with E-state index < -0.39 is 76.6 Å². The lowest BCUT2D eigenvalue weighted by molar-refractivity contribution is 0.362. The molecule has 0 saturated heterocycles. The zero-order chi connectivity index (χ0) is 30.2. The number of aromatic hydroxyl groups is 1. The molecule has 0 saturated carbocycles. The van der Waals surface area contributed by atoms with E-state index >= 15 is 0 Å². The summed E-state index contributed by atoms with van der Waals surface area (Å²) >= 11 is 6.72. The Kier molecular flexibility index (Phi) is 5.81. The molecule has 0 fully saturated rings. The van der Waals surface area contributed by atoms with Gasteiger partial charge in [0.05, 0.1) is 51.0 Å². The van der Waals surface area contributed by atoms with Gasteiger partial charge in [-0.1, -0.05) is 11.6 Å². The van der Waals surface area contributed by atoms with Gasteiger partial charge in [0.1, 0.15) is 29.2 Å². The molecule has 4 aliphatic rings. The van der Waals surface area contributed by atoms with Crippen LogP contribution < -0.4 is 42.4 Å². The Bertz CT molecular complexity index is 2470. The van der Waals surface area contributed by atoms with Gasteiger partial charge in [0.15, 0.2) is 11.2 Å². The minimum atomic E-state index is -2.07. The topological polar surface area (TPSA) is 220 Å². The molecule has 14 heteroatoms. The Morgan fingerprint density at radius 2 is 1.67 bits per heavy atom. The Morgan fingerprint density at radius 3 is 2.31 bits per heavy atom. The fourth-order valence-corrected chi connectivity index (χ4v) is 6.48. The summed E-state index contributed by atoms with van der Waals surface area (Å²) < 4.78 is 4.88. The number of fused-ring (bicyclic) bond motifs is 4. The molecular weight excluding hydrogens is 572 g/mol. The number of hydrogen-bond donors (Lipinski definition) is 4. The van der Waals surface area contributed by atoms with Crippen LogP contribution >= 0.6 is 11.6 Å². The molecule has 1 spiro atoms. The fourth-order valence-electron chi connectivity index (χ4n) is 6.14. The first-order valence-corrected chi connectivity index (χ1v) is 12.7. The van der Waals surface area contributed by atoms with Gasteiger partial charge in [-0.25, -0.2) is 0 Å². The van der Waals surface area contributed by atoms with Gasteiger partial charge in [-0.05, 0) is 24.5 Å². The number of aliphatic hydroxyl groups excluding tert-OH is 2. The van der Waals surface area contributed by atoms with Crippen molar-refractivity contribution >= 4 is 33.9 Å². The van der Waals surface area contributed by atoms with Crippen LogP contribution in [-0.2, 0) is 18.4 Å². The van der Waals surface area contributed by atoms with Crippen LogP contribution in [-0.4, -0.2) is 34.0 Å². The molecule has 6 rings (SSSR count). The van der Waals surface area contributed by atoms with Crippen molar-refractivity contribution in [1.29, 1.82) is 5.26 Å². The van der Waals surface area contributed by atoms with Crippen LogP contribution in [0, 0.1) is 21.8 Å². The third kappa shape index (κ3) is 3.20. The van der Waals surface area contributed by atoms with Crippen molar-refractivity contribution in [2.75, 3.05) is 13.7 Å². The number of pyridine rings is 1. The molecule has 4 aliphatic carbocycles. The lowest BCUT2D eigenvalue weighted by atomic mass is 9.78. The minimum Gasteiger partial charge on any atom is -0.510 e. The maximum atomic E-state index is 13.6. The number of rotatable bonds is 4. The number of benzene rings is 1. The van der Waals surface area contributed by atoms with E-state index in [1.54, 1.807) is 6.07 Å². The molecule has 4 N–H and O–H groups in total. The van der Waals surface area contributed by atoms with Gasteiger partial charge in [0, 0.05) is 22.7 Å². The predicted octanol–water partition coefficient (Wildman–Crippen LogP) is -0.357. The van der Waals surface area contributed by atoms with Crippen molar-refractivity contribution in [3.05, 3.63) is 106 Å². The molecule has 0 aliphatic heterocycles. The second-order valence-corrected chi connectivity index (χ2v) is 10.2. The second-order valence-electron chi connectivity index (χ2n) is 9.85. The van der Waals surface area contributed by atoms with Crippen LogP contribution in [0.1, 0.15) is 23.2 Å². The quantitative estimate of drug-likeness (QED) is 0.179. The smallest absolute Gasteiger partial charge is 0.259 e. The molecule has 2 aromatic rings. The number of hydrogen-bond acceptors (Lipinski definition) is 12. The Morgan fingerprint density at radius 1 is 1.00 bits per heavy atom. The highest BCUT2D eigenvalue weighted by Gasteiger charge is 2.53. The van der Waals surface area contributed by atoms with E-state index in [1.165, 1.54) is 6.07 Å². The Balaban J connectivity index is 1.72. The van der Waals surface area contributed by atoms with Crippen molar-refractivity contribution in [2.45, 2.75) is 24.8 Å². The fraction of sp³-hybridized carbons (Fsp3) is 0.214. The third-order valence-corrected chi connectivity index (χ3v) is 8.33. The average molecular weight is 589 g/mol. The number of nitrogens with one attached hydrogen (secondary N) is 1. The number of H-pyrrole nitrogens is 1. The molecule has 42 heavy (non-hydrogen) atoms. The summed E-state index contributed by atoms with van der Waals surface area (Å²) in [4.78, 5) is 68.4. The maximum Gasteiger partial charge on any atom is 0.259 e. The highest BCUT2D eigenvalue weighted by molar-refractivity contribution is 6.37. The van der Waals surface area contributed by atoms with Crippen LogP contribution in [0.15, 0.2) is 46.3 Å². The first-order valence-electron chi connectivity index (χ1n) is 12.4. The van der Waals surface area contributed by atoms with Crippen LogP contribution in [0.3, 0.4) is 0 Å². The molecule has 1 aromatic heterocycles. The van der Waals surface area contributed by atoms with Crippen LogP contribution in [0.4, 0.5) is 0 Å². The van der Waals surface area contributed by atoms with Crippen molar-refractivity contribution in [2.24, 2.45) is 10.2 Å². The van der Waals surface area contributed by atoms with E-state index in [1.807, 2.05) is 0 Å². The van der Waals surface area contributed by atoms with Crippen molar-refractivity contribution in [3.8, 4) is 17.6 Å². The van der Waals surface area contributed by atoms with Gasteiger partial charge in [0.2, 0.25) is 16.3 Å². The van der Waals surface area contributed by atoms with E-state index in [-0.39, 0.29) is 58.5 Å². The molecule has 1 heterocycles. The molecule has 0 radical (unpaired) electrons. The predicted molar refractivity (Wildman–Crippen MR) is 147 cm³/mol. The Labute approximate surface area is 236 Å². The number of nitrogens with zero attached hydrogens (tertiary/aromatic N) is 3. The molecule has 1 atom stereocenters. The van der Waals surface area contributed by atoms with Gasteiger partial charge < -0.3 is 25.0 Å². The maximum absolute atomic E-state index is 13.6. The van der Waals surface area contributed by atoms with E-state index in [0.717, 1.165) is 13.2 Å².